The summed E-state index contributed by atoms with van der Waals surface area (Å²) >= 11 is 3.73. The number of methoxy groups -OCH3 is 1. The molecule has 19 heavy (non-hydrogen) atoms. The number of nitrogens with one attached hydrogen (secondary N) is 2. The highest BCUT2D eigenvalue weighted by molar-refractivity contribution is 8.06. The summed E-state index contributed by atoms with van der Waals surface area (Å²) in [6, 6.07) is -1.34. The van der Waals surface area contributed by atoms with Gasteiger partial charge in [0, 0.05) is 49.2 Å². The predicted molar refractivity (Wildman–Crippen MR) is 78.0 cm³/mol. The van der Waals surface area contributed by atoms with Crippen LogP contribution in [-0.2, 0) is 9.53 Å². The maximum atomic E-state index is 11.6. The van der Waals surface area contributed by atoms with Crippen LogP contribution in [0, 0.1) is 0 Å². The second-order valence-corrected chi connectivity index (χ2v) is 6.65. The summed E-state index contributed by atoms with van der Waals surface area (Å²) in [5.74, 6) is 2.24. The van der Waals surface area contributed by atoms with Gasteiger partial charge in [0.2, 0.25) is 0 Å². The summed E-state index contributed by atoms with van der Waals surface area (Å²) in [5.41, 5.74) is 0. The first kappa shape index (κ1) is 16.5. The topological polar surface area (TPSA) is 87.7 Å². The summed E-state index contributed by atoms with van der Waals surface area (Å²) in [7, 11) is 1.50. The van der Waals surface area contributed by atoms with Gasteiger partial charge in [0.1, 0.15) is 6.04 Å². The summed E-state index contributed by atoms with van der Waals surface area (Å²) in [6.45, 7) is 0.868. The summed E-state index contributed by atoms with van der Waals surface area (Å²) < 4.78 is 4.82. The van der Waals surface area contributed by atoms with Gasteiger partial charge in [-0.15, -0.1) is 0 Å². The highest BCUT2D eigenvalue weighted by Gasteiger charge is 2.20. The van der Waals surface area contributed by atoms with Crippen LogP contribution < -0.4 is 10.6 Å². The van der Waals surface area contributed by atoms with E-state index in [9.17, 15) is 9.59 Å². The molecule has 2 amide bonds. The lowest BCUT2D eigenvalue weighted by molar-refractivity contribution is -0.139. The molecule has 0 aromatic rings. The Morgan fingerprint density at radius 1 is 1.47 bits per heavy atom. The van der Waals surface area contributed by atoms with E-state index in [1.54, 1.807) is 0 Å². The van der Waals surface area contributed by atoms with Crippen LogP contribution in [0.3, 0.4) is 0 Å². The number of thioether (sulfide) groups is 2. The first-order valence-electron chi connectivity index (χ1n) is 6.09. The Morgan fingerprint density at radius 2 is 2.26 bits per heavy atom. The van der Waals surface area contributed by atoms with Gasteiger partial charge in [-0.1, -0.05) is 0 Å². The number of hydrogen-bond acceptors (Lipinski definition) is 5. The maximum Gasteiger partial charge on any atom is 0.326 e. The zero-order valence-corrected chi connectivity index (χ0v) is 12.5. The fraction of sp³-hybridized carbons (Fsp3) is 0.818. The van der Waals surface area contributed by atoms with Crippen molar-refractivity contribution in [1.29, 1.82) is 0 Å². The van der Waals surface area contributed by atoms with Gasteiger partial charge >= 0.3 is 12.0 Å². The van der Waals surface area contributed by atoms with Crippen molar-refractivity contribution >= 4 is 35.5 Å². The zero-order chi connectivity index (χ0) is 14.1. The first-order valence-corrected chi connectivity index (χ1v) is 8.29. The Labute approximate surface area is 121 Å². The maximum absolute atomic E-state index is 11.6. The standard InChI is InChI=1S/C11H20N2O4S2/c1-17-3-2-9(10(14)15)13-11(16)12-6-8-7-18-4-5-19-8/h8-9H,2-7H2,1H3,(H,14,15)(H2,12,13,16). The van der Waals surface area contributed by atoms with Crippen LogP contribution in [0.15, 0.2) is 0 Å². The van der Waals surface area contributed by atoms with Gasteiger partial charge in [0.25, 0.3) is 0 Å². The number of carbonyl (C=O) groups excluding carboxylic acids is 1. The number of aliphatic carboxylic acids is 1. The minimum atomic E-state index is -1.05. The molecule has 0 bridgehead atoms. The second-order valence-electron chi connectivity index (χ2n) is 4.09. The summed E-state index contributed by atoms with van der Waals surface area (Å²) in [6.07, 6.45) is 0.257. The van der Waals surface area contributed by atoms with Gasteiger partial charge in [-0.2, -0.15) is 23.5 Å². The summed E-state index contributed by atoms with van der Waals surface area (Å²) in [4.78, 5) is 22.6. The van der Waals surface area contributed by atoms with Crippen molar-refractivity contribution in [2.75, 3.05) is 37.5 Å². The van der Waals surface area contributed by atoms with E-state index in [2.05, 4.69) is 10.6 Å². The Kier molecular flexibility index (Phi) is 8.08. The van der Waals surface area contributed by atoms with Crippen LogP contribution >= 0.6 is 23.5 Å². The molecule has 1 fully saturated rings. The Morgan fingerprint density at radius 3 is 2.84 bits per heavy atom. The number of urea groups is 1. The molecule has 2 atom stereocenters. The number of amides is 2. The molecule has 0 aromatic carbocycles. The normalized spacial score (nSPS) is 20.6. The quantitative estimate of drug-likeness (QED) is 0.639. The smallest absolute Gasteiger partial charge is 0.326 e. The van der Waals surface area contributed by atoms with Gasteiger partial charge in [-0.3, -0.25) is 0 Å². The van der Waals surface area contributed by atoms with Crippen LogP contribution in [0.25, 0.3) is 0 Å². The van der Waals surface area contributed by atoms with Crippen molar-refractivity contribution in [2.24, 2.45) is 0 Å². The largest absolute Gasteiger partial charge is 0.480 e. The van der Waals surface area contributed by atoms with Crippen LogP contribution in [0.5, 0.6) is 0 Å². The predicted octanol–water partition coefficient (Wildman–Crippen LogP) is 0.624. The minimum absolute atomic E-state index is 0.257. The fourth-order valence-electron chi connectivity index (χ4n) is 1.56. The van der Waals surface area contributed by atoms with E-state index < -0.39 is 18.0 Å². The number of ether oxygens (including phenoxy) is 1. The molecule has 6 nitrogen and oxygen atoms in total. The van der Waals surface area contributed by atoms with E-state index in [-0.39, 0.29) is 6.42 Å². The van der Waals surface area contributed by atoms with E-state index in [0.29, 0.717) is 18.4 Å². The van der Waals surface area contributed by atoms with E-state index in [1.807, 2.05) is 23.5 Å². The van der Waals surface area contributed by atoms with E-state index in [0.717, 1.165) is 17.3 Å². The number of carboxylic acid groups (broad SMARTS) is 1. The third-order valence-electron chi connectivity index (χ3n) is 2.59. The lowest BCUT2D eigenvalue weighted by atomic mass is 10.2. The number of rotatable bonds is 7. The Hall–Kier alpha value is -0.600. The van der Waals surface area contributed by atoms with Gasteiger partial charge < -0.3 is 20.5 Å². The fourth-order valence-corrected chi connectivity index (χ4v) is 4.18. The molecule has 8 heteroatoms. The molecule has 0 aromatic heterocycles. The molecule has 1 aliphatic heterocycles. The average Bonchev–Trinajstić information content (AvgIpc) is 2.42. The SMILES string of the molecule is COCCC(NC(=O)NCC1CSCCS1)C(=O)O. The van der Waals surface area contributed by atoms with Crippen molar-refractivity contribution in [3.05, 3.63) is 0 Å². The molecule has 0 aliphatic carbocycles. The molecule has 2 unspecified atom stereocenters. The van der Waals surface area contributed by atoms with Gasteiger partial charge in [-0.25, -0.2) is 9.59 Å². The van der Waals surface area contributed by atoms with Crippen molar-refractivity contribution in [3.8, 4) is 0 Å². The van der Waals surface area contributed by atoms with E-state index >= 15 is 0 Å². The molecule has 0 spiro atoms. The lowest BCUT2D eigenvalue weighted by Gasteiger charge is -2.22. The van der Waals surface area contributed by atoms with Crippen LogP contribution in [0.4, 0.5) is 4.79 Å². The number of carbonyl (C=O) groups is 2. The van der Waals surface area contributed by atoms with Crippen molar-refractivity contribution in [1.82, 2.24) is 10.6 Å². The first-order chi connectivity index (χ1) is 9.13. The molecule has 110 valence electrons. The van der Waals surface area contributed by atoms with Crippen LogP contribution in [-0.4, -0.2) is 65.9 Å². The number of carboxylic acids is 1. The second kappa shape index (κ2) is 9.33. The van der Waals surface area contributed by atoms with E-state index in [4.69, 9.17) is 9.84 Å². The van der Waals surface area contributed by atoms with Crippen molar-refractivity contribution < 1.29 is 19.4 Å². The monoisotopic (exact) mass is 308 g/mol. The Bertz CT molecular complexity index is 298. The van der Waals surface area contributed by atoms with Crippen LogP contribution in [0.2, 0.25) is 0 Å². The third kappa shape index (κ3) is 6.93. The molecule has 1 saturated heterocycles. The molecule has 0 radical (unpaired) electrons. The zero-order valence-electron chi connectivity index (χ0n) is 10.9. The third-order valence-corrected chi connectivity index (χ3v) is 5.43. The minimum Gasteiger partial charge on any atom is -0.480 e. The molecule has 3 N–H and O–H groups in total. The average molecular weight is 308 g/mol. The van der Waals surface area contributed by atoms with Crippen LogP contribution in [0.1, 0.15) is 6.42 Å². The summed E-state index contributed by atoms with van der Waals surface area (Å²) in [5, 5.41) is 14.5. The van der Waals surface area contributed by atoms with Gasteiger partial charge in [0.05, 0.1) is 0 Å². The molecule has 1 heterocycles. The Balaban J connectivity index is 2.25. The van der Waals surface area contributed by atoms with Crippen molar-refractivity contribution in [3.63, 3.8) is 0 Å². The van der Waals surface area contributed by atoms with E-state index in [1.165, 1.54) is 7.11 Å². The molecule has 0 saturated carbocycles. The lowest BCUT2D eigenvalue weighted by Crippen LogP contribution is -2.48. The molecular weight excluding hydrogens is 288 g/mol. The van der Waals surface area contributed by atoms with Crippen molar-refractivity contribution in [2.45, 2.75) is 17.7 Å². The molecule has 1 rings (SSSR count). The molecule has 1 aliphatic rings. The van der Waals surface area contributed by atoms with Gasteiger partial charge in [-0.05, 0) is 0 Å². The highest BCUT2D eigenvalue weighted by Crippen LogP contribution is 2.23. The van der Waals surface area contributed by atoms with Gasteiger partial charge in [0.15, 0.2) is 0 Å². The molecular formula is C11H20N2O4S2. The highest BCUT2D eigenvalue weighted by atomic mass is 32.2. The number of hydrogen-bond donors (Lipinski definition) is 3.